The Kier molecular flexibility index (Phi) is 3.93. The van der Waals surface area contributed by atoms with Crippen LogP contribution in [0, 0.1) is 10.1 Å². The maximum atomic E-state index is 10.5. The van der Waals surface area contributed by atoms with Gasteiger partial charge in [-0.1, -0.05) is 0 Å². The zero-order valence-corrected chi connectivity index (χ0v) is 9.69. The molecule has 5 nitrogen and oxygen atoms in total. The quantitative estimate of drug-likeness (QED) is 0.431. The summed E-state index contributed by atoms with van der Waals surface area (Å²) in [5, 5.41) is 17.1. The van der Waals surface area contributed by atoms with Gasteiger partial charge in [-0.2, -0.15) is 0 Å². The van der Waals surface area contributed by atoms with E-state index < -0.39 is 0 Å². The van der Waals surface area contributed by atoms with E-state index in [2.05, 4.69) is 10.6 Å². The van der Waals surface area contributed by atoms with Crippen LogP contribution in [0.3, 0.4) is 0 Å². The Balaban J connectivity index is 1.65. The standard InChI is InChI=1S/C12H17N3O2/c16-15(17)12-6-4-11(5-7-12)14-9-1-8-13-10-2-3-10/h4-7,10,13-14H,1-3,8-9H2. The minimum atomic E-state index is -0.386. The van der Waals surface area contributed by atoms with E-state index in [1.54, 1.807) is 12.1 Å². The SMILES string of the molecule is O=[N+]([O-])c1ccc(NCCCNC2CC2)cc1. The van der Waals surface area contributed by atoms with Crippen LogP contribution in [-0.4, -0.2) is 24.1 Å². The Morgan fingerprint density at radius 3 is 2.53 bits per heavy atom. The number of non-ortho nitro benzene ring substituents is 1. The molecule has 0 unspecified atom stereocenters. The highest BCUT2D eigenvalue weighted by molar-refractivity contribution is 5.48. The van der Waals surface area contributed by atoms with Gasteiger partial charge in [-0.3, -0.25) is 10.1 Å². The van der Waals surface area contributed by atoms with Crippen molar-refractivity contribution in [3.63, 3.8) is 0 Å². The molecule has 92 valence electrons. The van der Waals surface area contributed by atoms with Crippen molar-refractivity contribution in [2.45, 2.75) is 25.3 Å². The predicted molar refractivity (Wildman–Crippen MR) is 67.2 cm³/mol. The fraction of sp³-hybridized carbons (Fsp3) is 0.500. The lowest BCUT2D eigenvalue weighted by molar-refractivity contribution is -0.384. The highest BCUT2D eigenvalue weighted by atomic mass is 16.6. The predicted octanol–water partition coefficient (Wildman–Crippen LogP) is 2.15. The van der Waals surface area contributed by atoms with E-state index >= 15 is 0 Å². The van der Waals surface area contributed by atoms with Gasteiger partial charge in [0.1, 0.15) is 0 Å². The molecule has 1 fully saturated rings. The van der Waals surface area contributed by atoms with E-state index in [0.717, 1.165) is 31.2 Å². The monoisotopic (exact) mass is 235 g/mol. The molecule has 2 N–H and O–H groups in total. The third kappa shape index (κ3) is 4.03. The molecule has 1 aromatic carbocycles. The fourth-order valence-electron chi connectivity index (χ4n) is 1.62. The summed E-state index contributed by atoms with van der Waals surface area (Å²) in [5.74, 6) is 0. The van der Waals surface area contributed by atoms with Crippen LogP contribution in [0.5, 0.6) is 0 Å². The molecule has 0 atom stereocenters. The number of nitrogens with zero attached hydrogens (tertiary/aromatic N) is 1. The first-order valence-corrected chi connectivity index (χ1v) is 5.97. The van der Waals surface area contributed by atoms with Crippen molar-refractivity contribution in [1.29, 1.82) is 0 Å². The molecule has 2 rings (SSSR count). The van der Waals surface area contributed by atoms with Gasteiger partial charge in [0, 0.05) is 30.4 Å². The largest absolute Gasteiger partial charge is 0.385 e. The number of anilines is 1. The van der Waals surface area contributed by atoms with Gasteiger partial charge >= 0.3 is 0 Å². The highest BCUT2D eigenvalue weighted by Crippen LogP contribution is 2.18. The molecule has 0 saturated heterocycles. The summed E-state index contributed by atoms with van der Waals surface area (Å²) < 4.78 is 0. The van der Waals surface area contributed by atoms with Crippen molar-refractivity contribution in [3.05, 3.63) is 34.4 Å². The summed E-state index contributed by atoms with van der Waals surface area (Å²) in [6, 6.07) is 7.28. The van der Waals surface area contributed by atoms with Crippen molar-refractivity contribution in [2.75, 3.05) is 18.4 Å². The second-order valence-electron chi connectivity index (χ2n) is 4.31. The van der Waals surface area contributed by atoms with Crippen LogP contribution in [0.2, 0.25) is 0 Å². The summed E-state index contributed by atoms with van der Waals surface area (Å²) in [7, 11) is 0. The Labute approximate surface area is 100 Å². The molecular weight excluding hydrogens is 218 g/mol. The van der Waals surface area contributed by atoms with E-state index in [0.29, 0.717) is 0 Å². The van der Waals surface area contributed by atoms with E-state index in [1.807, 2.05) is 0 Å². The summed E-state index contributed by atoms with van der Waals surface area (Å²) in [5.41, 5.74) is 1.06. The number of nitro benzene ring substituents is 1. The topological polar surface area (TPSA) is 67.2 Å². The molecule has 0 aromatic heterocycles. The second kappa shape index (κ2) is 5.63. The van der Waals surface area contributed by atoms with Crippen LogP contribution in [0.4, 0.5) is 11.4 Å². The summed E-state index contributed by atoms with van der Waals surface area (Å²) in [6.07, 6.45) is 3.69. The lowest BCUT2D eigenvalue weighted by atomic mass is 10.3. The van der Waals surface area contributed by atoms with Gasteiger partial charge < -0.3 is 10.6 Å². The average molecular weight is 235 g/mol. The molecule has 0 aliphatic heterocycles. The average Bonchev–Trinajstić information content (AvgIpc) is 3.13. The maximum absolute atomic E-state index is 10.5. The van der Waals surface area contributed by atoms with Gasteiger partial charge in [0.15, 0.2) is 0 Å². The van der Waals surface area contributed by atoms with Crippen molar-refractivity contribution in [3.8, 4) is 0 Å². The van der Waals surface area contributed by atoms with E-state index in [9.17, 15) is 10.1 Å². The van der Waals surface area contributed by atoms with Gasteiger partial charge in [0.2, 0.25) is 0 Å². The molecule has 5 heteroatoms. The molecular formula is C12H17N3O2. The Morgan fingerprint density at radius 1 is 1.24 bits per heavy atom. The van der Waals surface area contributed by atoms with Crippen LogP contribution in [0.25, 0.3) is 0 Å². The zero-order valence-electron chi connectivity index (χ0n) is 9.69. The molecule has 1 saturated carbocycles. The number of nitro groups is 1. The van der Waals surface area contributed by atoms with Gasteiger partial charge in [0.25, 0.3) is 5.69 Å². The minimum absolute atomic E-state index is 0.131. The number of benzene rings is 1. The Morgan fingerprint density at radius 2 is 1.94 bits per heavy atom. The normalized spacial score (nSPS) is 14.6. The van der Waals surface area contributed by atoms with Crippen LogP contribution in [0.1, 0.15) is 19.3 Å². The molecule has 0 spiro atoms. The fourth-order valence-corrected chi connectivity index (χ4v) is 1.62. The number of hydrogen-bond donors (Lipinski definition) is 2. The second-order valence-corrected chi connectivity index (χ2v) is 4.31. The molecule has 1 aliphatic rings. The molecule has 0 radical (unpaired) electrons. The van der Waals surface area contributed by atoms with Crippen LogP contribution in [0.15, 0.2) is 24.3 Å². The molecule has 0 amide bonds. The Hall–Kier alpha value is -1.62. The molecule has 1 aliphatic carbocycles. The first-order chi connectivity index (χ1) is 8.25. The lowest BCUT2D eigenvalue weighted by Crippen LogP contribution is -2.19. The first kappa shape index (κ1) is 11.9. The van der Waals surface area contributed by atoms with Gasteiger partial charge in [-0.25, -0.2) is 0 Å². The smallest absolute Gasteiger partial charge is 0.269 e. The molecule has 0 bridgehead atoms. The number of rotatable bonds is 7. The van der Waals surface area contributed by atoms with E-state index in [4.69, 9.17) is 0 Å². The summed E-state index contributed by atoms with van der Waals surface area (Å²) in [6.45, 7) is 1.92. The third-order valence-corrected chi connectivity index (χ3v) is 2.77. The molecule has 17 heavy (non-hydrogen) atoms. The molecule has 1 aromatic rings. The van der Waals surface area contributed by atoms with Crippen LogP contribution in [-0.2, 0) is 0 Å². The van der Waals surface area contributed by atoms with E-state index in [1.165, 1.54) is 25.0 Å². The summed E-state index contributed by atoms with van der Waals surface area (Å²) in [4.78, 5) is 10.1. The Bertz CT molecular complexity index is 374. The first-order valence-electron chi connectivity index (χ1n) is 5.97. The minimum Gasteiger partial charge on any atom is -0.385 e. The highest BCUT2D eigenvalue weighted by Gasteiger charge is 2.19. The number of nitrogens with one attached hydrogen (secondary N) is 2. The van der Waals surface area contributed by atoms with E-state index in [-0.39, 0.29) is 10.6 Å². The van der Waals surface area contributed by atoms with Crippen LogP contribution >= 0.6 is 0 Å². The lowest BCUT2D eigenvalue weighted by Gasteiger charge is -2.06. The van der Waals surface area contributed by atoms with Crippen molar-refractivity contribution in [2.24, 2.45) is 0 Å². The van der Waals surface area contributed by atoms with Crippen LogP contribution < -0.4 is 10.6 Å². The zero-order chi connectivity index (χ0) is 12.1. The molecule has 0 heterocycles. The maximum Gasteiger partial charge on any atom is 0.269 e. The van der Waals surface area contributed by atoms with Crippen molar-refractivity contribution < 1.29 is 4.92 Å². The third-order valence-electron chi connectivity index (χ3n) is 2.77. The number of hydrogen-bond acceptors (Lipinski definition) is 4. The van der Waals surface area contributed by atoms with Crippen molar-refractivity contribution >= 4 is 11.4 Å². The van der Waals surface area contributed by atoms with Gasteiger partial charge in [0.05, 0.1) is 4.92 Å². The van der Waals surface area contributed by atoms with Gasteiger partial charge in [-0.15, -0.1) is 0 Å². The van der Waals surface area contributed by atoms with Gasteiger partial charge in [-0.05, 0) is 37.9 Å². The summed E-state index contributed by atoms with van der Waals surface area (Å²) >= 11 is 0. The van der Waals surface area contributed by atoms with Crippen molar-refractivity contribution in [1.82, 2.24) is 5.32 Å².